The van der Waals surface area contributed by atoms with Gasteiger partial charge in [-0.2, -0.15) is 0 Å². The number of hydrogen-bond acceptors (Lipinski definition) is 2. The molecule has 1 aliphatic rings. The summed E-state index contributed by atoms with van der Waals surface area (Å²) >= 11 is 0. The third kappa shape index (κ3) is 4.87. The van der Waals surface area contributed by atoms with Crippen LogP contribution in [0.25, 0.3) is 0 Å². The van der Waals surface area contributed by atoms with E-state index in [9.17, 15) is 4.79 Å². The van der Waals surface area contributed by atoms with Crippen LogP contribution in [0.2, 0.25) is 0 Å². The van der Waals surface area contributed by atoms with E-state index >= 15 is 0 Å². The van der Waals surface area contributed by atoms with Crippen molar-refractivity contribution >= 4 is 11.6 Å². The number of likely N-dealkylation sites (tertiary alicyclic amines) is 1. The van der Waals surface area contributed by atoms with Crippen LogP contribution in [0.15, 0.2) is 54.6 Å². The molecule has 0 saturated carbocycles. The Morgan fingerprint density at radius 1 is 1.08 bits per heavy atom. The molecule has 3 heteroatoms. The first-order valence-electron chi connectivity index (χ1n) is 9.79. The monoisotopic (exact) mass is 350 g/mol. The zero-order valence-electron chi connectivity index (χ0n) is 16.0. The van der Waals surface area contributed by atoms with Gasteiger partial charge in [-0.05, 0) is 62.3 Å². The number of piperidine rings is 1. The highest BCUT2D eigenvalue weighted by atomic mass is 16.2. The Hall–Kier alpha value is -2.29. The van der Waals surface area contributed by atoms with Crippen LogP contribution in [0.5, 0.6) is 0 Å². The first-order valence-corrected chi connectivity index (χ1v) is 9.79. The standard InChI is InChI=1S/C23H30N2O/c1-3-24(22-11-7-8-19(2)16-22)18-23(26)25-14-12-21(13-15-25)17-20-9-5-4-6-10-20/h4-11,16,21H,3,12-15,17-18H2,1-2H3. The topological polar surface area (TPSA) is 23.6 Å². The van der Waals surface area contributed by atoms with Gasteiger partial charge in [0.05, 0.1) is 6.54 Å². The first kappa shape index (κ1) is 18.5. The maximum atomic E-state index is 12.8. The molecule has 1 heterocycles. The molecule has 0 spiro atoms. The van der Waals surface area contributed by atoms with Gasteiger partial charge in [-0.1, -0.05) is 42.5 Å². The molecule has 0 N–H and O–H groups in total. The highest BCUT2D eigenvalue weighted by molar-refractivity contribution is 5.81. The summed E-state index contributed by atoms with van der Waals surface area (Å²) in [5, 5.41) is 0. The van der Waals surface area contributed by atoms with E-state index in [0.29, 0.717) is 12.5 Å². The molecule has 3 rings (SSSR count). The Morgan fingerprint density at radius 3 is 2.46 bits per heavy atom. The Labute approximate surface area is 157 Å². The van der Waals surface area contributed by atoms with Crippen molar-refractivity contribution in [3.8, 4) is 0 Å². The molecule has 1 saturated heterocycles. The minimum absolute atomic E-state index is 0.256. The quantitative estimate of drug-likeness (QED) is 0.775. The molecule has 0 unspecified atom stereocenters. The van der Waals surface area contributed by atoms with Gasteiger partial charge in [-0.15, -0.1) is 0 Å². The third-order valence-corrected chi connectivity index (χ3v) is 5.41. The van der Waals surface area contributed by atoms with Gasteiger partial charge in [0.15, 0.2) is 0 Å². The summed E-state index contributed by atoms with van der Waals surface area (Å²) in [4.78, 5) is 17.0. The van der Waals surface area contributed by atoms with E-state index in [1.165, 1.54) is 11.1 Å². The summed E-state index contributed by atoms with van der Waals surface area (Å²) in [5.74, 6) is 0.951. The summed E-state index contributed by atoms with van der Waals surface area (Å²) in [6.07, 6.45) is 3.35. The molecule has 2 aromatic carbocycles. The lowest BCUT2D eigenvalue weighted by Gasteiger charge is -2.34. The number of likely N-dealkylation sites (N-methyl/N-ethyl adjacent to an activating group) is 1. The van der Waals surface area contributed by atoms with E-state index in [1.807, 2.05) is 0 Å². The minimum Gasteiger partial charge on any atom is -0.362 e. The largest absolute Gasteiger partial charge is 0.362 e. The van der Waals surface area contributed by atoms with Gasteiger partial charge < -0.3 is 9.80 Å². The number of carbonyl (C=O) groups is 1. The first-order chi connectivity index (χ1) is 12.7. The molecule has 0 aliphatic carbocycles. The van der Waals surface area contributed by atoms with Crippen molar-refractivity contribution < 1.29 is 4.79 Å². The Bertz CT molecular complexity index is 705. The number of benzene rings is 2. The van der Waals surface area contributed by atoms with Crippen LogP contribution < -0.4 is 4.90 Å². The third-order valence-electron chi connectivity index (χ3n) is 5.41. The second-order valence-corrected chi connectivity index (χ2v) is 7.37. The van der Waals surface area contributed by atoms with Gasteiger partial charge in [-0.3, -0.25) is 4.79 Å². The van der Waals surface area contributed by atoms with Crippen molar-refractivity contribution in [2.24, 2.45) is 5.92 Å². The summed E-state index contributed by atoms with van der Waals surface area (Å²) in [6, 6.07) is 19.1. The lowest BCUT2D eigenvalue weighted by atomic mass is 9.90. The van der Waals surface area contributed by atoms with Gasteiger partial charge in [0.2, 0.25) is 5.91 Å². The van der Waals surface area contributed by atoms with Crippen LogP contribution >= 0.6 is 0 Å². The summed E-state index contributed by atoms with van der Waals surface area (Å²) in [5.41, 5.74) is 3.78. The van der Waals surface area contributed by atoms with Crippen molar-refractivity contribution in [1.29, 1.82) is 0 Å². The fourth-order valence-corrected chi connectivity index (χ4v) is 3.81. The van der Waals surface area contributed by atoms with E-state index in [1.54, 1.807) is 0 Å². The lowest BCUT2D eigenvalue weighted by Crippen LogP contribution is -2.44. The lowest BCUT2D eigenvalue weighted by molar-refractivity contribution is -0.131. The second-order valence-electron chi connectivity index (χ2n) is 7.37. The maximum Gasteiger partial charge on any atom is 0.242 e. The number of aryl methyl sites for hydroxylation is 1. The Balaban J connectivity index is 1.51. The van der Waals surface area contributed by atoms with Crippen molar-refractivity contribution in [2.45, 2.75) is 33.1 Å². The van der Waals surface area contributed by atoms with Crippen LogP contribution in [0.1, 0.15) is 30.9 Å². The van der Waals surface area contributed by atoms with Gasteiger partial charge in [-0.25, -0.2) is 0 Å². The van der Waals surface area contributed by atoms with Gasteiger partial charge in [0, 0.05) is 25.3 Å². The predicted molar refractivity (Wildman–Crippen MR) is 109 cm³/mol. The molecule has 1 fully saturated rings. The average molecular weight is 351 g/mol. The molecule has 138 valence electrons. The van der Waals surface area contributed by atoms with Crippen molar-refractivity contribution in [3.63, 3.8) is 0 Å². The maximum absolute atomic E-state index is 12.8. The molecule has 0 radical (unpaired) electrons. The molecule has 1 aliphatic heterocycles. The van der Waals surface area contributed by atoms with Crippen LogP contribution in [0.4, 0.5) is 5.69 Å². The van der Waals surface area contributed by atoms with Gasteiger partial charge >= 0.3 is 0 Å². The van der Waals surface area contributed by atoms with E-state index in [-0.39, 0.29) is 5.91 Å². The van der Waals surface area contributed by atoms with Crippen molar-refractivity contribution in [2.75, 3.05) is 31.1 Å². The summed E-state index contributed by atoms with van der Waals surface area (Å²) in [6.45, 7) is 7.31. The van der Waals surface area contributed by atoms with Gasteiger partial charge in [0.25, 0.3) is 0 Å². The van der Waals surface area contributed by atoms with Crippen LogP contribution in [0.3, 0.4) is 0 Å². The number of anilines is 1. The van der Waals surface area contributed by atoms with Crippen LogP contribution in [-0.4, -0.2) is 37.0 Å². The highest BCUT2D eigenvalue weighted by Crippen LogP contribution is 2.22. The molecule has 3 nitrogen and oxygen atoms in total. The summed E-state index contributed by atoms with van der Waals surface area (Å²) < 4.78 is 0. The number of carbonyl (C=O) groups excluding carboxylic acids is 1. The van der Waals surface area contributed by atoms with Gasteiger partial charge in [0.1, 0.15) is 0 Å². The molecule has 0 aromatic heterocycles. The highest BCUT2D eigenvalue weighted by Gasteiger charge is 2.24. The zero-order chi connectivity index (χ0) is 18.4. The number of nitrogens with zero attached hydrogens (tertiary/aromatic N) is 2. The average Bonchev–Trinajstić information content (AvgIpc) is 2.67. The molecule has 2 aromatic rings. The fourth-order valence-electron chi connectivity index (χ4n) is 3.81. The van der Waals surface area contributed by atoms with E-state index in [2.05, 4.69) is 78.2 Å². The van der Waals surface area contributed by atoms with E-state index in [0.717, 1.165) is 44.6 Å². The molecular formula is C23H30N2O. The van der Waals surface area contributed by atoms with E-state index in [4.69, 9.17) is 0 Å². The SMILES string of the molecule is CCN(CC(=O)N1CCC(Cc2ccccc2)CC1)c1cccc(C)c1. The molecular weight excluding hydrogens is 320 g/mol. The molecule has 26 heavy (non-hydrogen) atoms. The number of hydrogen-bond donors (Lipinski definition) is 0. The number of rotatable bonds is 6. The molecule has 0 bridgehead atoms. The minimum atomic E-state index is 0.256. The fraction of sp³-hybridized carbons (Fsp3) is 0.435. The van der Waals surface area contributed by atoms with Crippen molar-refractivity contribution in [3.05, 3.63) is 65.7 Å². The number of amides is 1. The smallest absolute Gasteiger partial charge is 0.242 e. The van der Waals surface area contributed by atoms with E-state index < -0.39 is 0 Å². The van der Waals surface area contributed by atoms with Crippen LogP contribution in [0, 0.1) is 12.8 Å². The van der Waals surface area contributed by atoms with Crippen LogP contribution in [-0.2, 0) is 11.2 Å². The molecule has 1 amide bonds. The summed E-state index contributed by atoms with van der Waals surface area (Å²) in [7, 11) is 0. The predicted octanol–water partition coefficient (Wildman–Crippen LogP) is 4.30. The Kier molecular flexibility index (Phi) is 6.32. The zero-order valence-corrected chi connectivity index (χ0v) is 16.0. The molecule has 0 atom stereocenters. The second kappa shape index (κ2) is 8.88. The van der Waals surface area contributed by atoms with Crippen molar-refractivity contribution in [1.82, 2.24) is 4.90 Å². The Morgan fingerprint density at radius 2 is 1.81 bits per heavy atom. The normalized spacial score (nSPS) is 15.1.